The van der Waals surface area contributed by atoms with Gasteiger partial charge in [-0.15, -0.1) is 0 Å². The van der Waals surface area contributed by atoms with E-state index >= 15 is 0 Å². The van der Waals surface area contributed by atoms with Gasteiger partial charge in [-0.3, -0.25) is 0 Å². The van der Waals surface area contributed by atoms with Gasteiger partial charge < -0.3 is 24.6 Å². The molecule has 0 unspecified atom stereocenters. The SMILES string of the molecule is COc1ccc(OCCCN(CCCCC2(O)CC2)CCCCC2(O)CC2)cc1. The summed E-state index contributed by atoms with van der Waals surface area (Å²) >= 11 is 0. The van der Waals surface area contributed by atoms with Gasteiger partial charge in [-0.25, -0.2) is 0 Å². The molecule has 2 saturated carbocycles. The van der Waals surface area contributed by atoms with Crippen LogP contribution in [-0.4, -0.2) is 59.7 Å². The highest BCUT2D eigenvalue weighted by molar-refractivity contribution is 5.31. The highest BCUT2D eigenvalue weighted by Crippen LogP contribution is 2.40. The second-order valence-corrected chi connectivity index (χ2v) is 9.08. The summed E-state index contributed by atoms with van der Waals surface area (Å²) in [7, 11) is 1.67. The van der Waals surface area contributed by atoms with Crippen LogP contribution in [0.4, 0.5) is 0 Å². The van der Waals surface area contributed by atoms with E-state index in [1.807, 2.05) is 24.3 Å². The average molecular weight is 406 g/mol. The summed E-state index contributed by atoms with van der Waals surface area (Å²) in [4.78, 5) is 2.53. The Morgan fingerprint density at radius 1 is 0.759 bits per heavy atom. The van der Waals surface area contributed by atoms with Crippen LogP contribution < -0.4 is 9.47 Å². The molecule has 2 aliphatic carbocycles. The minimum atomic E-state index is -0.323. The first-order chi connectivity index (χ1) is 14.0. The van der Waals surface area contributed by atoms with Crippen LogP contribution in [0.1, 0.15) is 70.6 Å². The lowest BCUT2D eigenvalue weighted by molar-refractivity contribution is 0.131. The molecule has 5 heteroatoms. The number of methoxy groups -OCH3 is 1. The van der Waals surface area contributed by atoms with E-state index in [2.05, 4.69) is 4.90 Å². The van der Waals surface area contributed by atoms with Crippen molar-refractivity contribution in [2.75, 3.05) is 33.4 Å². The van der Waals surface area contributed by atoms with Crippen molar-refractivity contribution in [3.05, 3.63) is 24.3 Å². The van der Waals surface area contributed by atoms with Crippen molar-refractivity contribution < 1.29 is 19.7 Å². The number of hydrogen-bond acceptors (Lipinski definition) is 5. The number of benzene rings is 1. The predicted octanol–water partition coefficient (Wildman–Crippen LogP) is 4.16. The van der Waals surface area contributed by atoms with E-state index < -0.39 is 0 Å². The second kappa shape index (κ2) is 10.6. The number of rotatable bonds is 16. The number of nitrogens with zero attached hydrogens (tertiary/aromatic N) is 1. The second-order valence-electron chi connectivity index (χ2n) is 9.08. The molecule has 5 nitrogen and oxygen atoms in total. The molecule has 0 heterocycles. The fourth-order valence-corrected chi connectivity index (χ4v) is 3.85. The summed E-state index contributed by atoms with van der Waals surface area (Å²) < 4.78 is 11.0. The van der Waals surface area contributed by atoms with Crippen LogP contribution in [0.5, 0.6) is 11.5 Å². The maximum atomic E-state index is 10.0. The van der Waals surface area contributed by atoms with E-state index in [0.29, 0.717) is 6.61 Å². The maximum Gasteiger partial charge on any atom is 0.119 e. The molecule has 0 saturated heterocycles. The predicted molar refractivity (Wildman–Crippen MR) is 116 cm³/mol. The molecule has 0 spiro atoms. The quantitative estimate of drug-likeness (QED) is 0.405. The number of hydrogen-bond donors (Lipinski definition) is 2. The van der Waals surface area contributed by atoms with Crippen molar-refractivity contribution >= 4 is 0 Å². The van der Waals surface area contributed by atoms with E-state index in [0.717, 1.165) is 102 Å². The summed E-state index contributed by atoms with van der Waals surface area (Å²) in [5, 5.41) is 20.0. The minimum Gasteiger partial charge on any atom is -0.497 e. The smallest absolute Gasteiger partial charge is 0.119 e. The largest absolute Gasteiger partial charge is 0.497 e. The minimum absolute atomic E-state index is 0.323. The lowest BCUT2D eigenvalue weighted by Crippen LogP contribution is -2.28. The summed E-state index contributed by atoms with van der Waals surface area (Å²) in [6, 6.07) is 7.73. The van der Waals surface area contributed by atoms with E-state index in [4.69, 9.17) is 9.47 Å². The molecule has 1 aromatic carbocycles. The Morgan fingerprint density at radius 2 is 1.24 bits per heavy atom. The van der Waals surface area contributed by atoms with E-state index in [9.17, 15) is 10.2 Å². The van der Waals surface area contributed by atoms with Gasteiger partial charge in [0.1, 0.15) is 11.5 Å². The third-order valence-corrected chi connectivity index (χ3v) is 6.33. The van der Waals surface area contributed by atoms with Crippen molar-refractivity contribution in [2.45, 2.75) is 81.8 Å². The number of ether oxygens (including phenoxy) is 2. The molecule has 0 aromatic heterocycles. The first-order valence-corrected chi connectivity index (χ1v) is 11.4. The number of aliphatic hydroxyl groups is 2. The van der Waals surface area contributed by atoms with Gasteiger partial charge in [0.05, 0.1) is 24.9 Å². The standard InChI is InChI=1S/C24H39NO4/c1-28-21-7-9-22(10-8-21)29-20-6-19-25(17-4-2-11-23(26)13-14-23)18-5-3-12-24(27)15-16-24/h7-10,26-27H,2-6,11-20H2,1H3. The Kier molecular flexibility index (Phi) is 8.22. The van der Waals surface area contributed by atoms with Gasteiger partial charge in [-0.2, -0.15) is 0 Å². The molecule has 2 fully saturated rings. The lowest BCUT2D eigenvalue weighted by atomic mass is 10.1. The van der Waals surface area contributed by atoms with Gasteiger partial charge in [0.2, 0.25) is 0 Å². The van der Waals surface area contributed by atoms with Crippen LogP contribution in [0.3, 0.4) is 0 Å². The molecule has 1 aromatic rings. The van der Waals surface area contributed by atoms with Crippen molar-refractivity contribution in [3.8, 4) is 11.5 Å². The first-order valence-electron chi connectivity index (χ1n) is 11.4. The van der Waals surface area contributed by atoms with Gasteiger partial charge in [-0.1, -0.05) is 0 Å². The van der Waals surface area contributed by atoms with E-state index in [1.54, 1.807) is 7.11 Å². The summed E-state index contributed by atoms with van der Waals surface area (Å²) in [5.74, 6) is 1.72. The molecule has 0 bridgehead atoms. The van der Waals surface area contributed by atoms with E-state index in [1.165, 1.54) is 0 Å². The molecule has 0 amide bonds. The Bertz CT molecular complexity index is 569. The molecule has 2 N–H and O–H groups in total. The first kappa shape index (κ1) is 22.4. The van der Waals surface area contributed by atoms with Crippen molar-refractivity contribution in [3.63, 3.8) is 0 Å². The Labute approximate surface area is 176 Å². The van der Waals surface area contributed by atoms with Gasteiger partial charge >= 0.3 is 0 Å². The highest BCUT2D eigenvalue weighted by atomic mass is 16.5. The van der Waals surface area contributed by atoms with Crippen molar-refractivity contribution in [2.24, 2.45) is 0 Å². The molecular weight excluding hydrogens is 366 g/mol. The van der Waals surface area contributed by atoms with Gasteiger partial charge in [0.25, 0.3) is 0 Å². The number of unbranched alkanes of at least 4 members (excludes halogenated alkanes) is 2. The van der Waals surface area contributed by atoms with Crippen LogP contribution in [0.15, 0.2) is 24.3 Å². The molecule has 29 heavy (non-hydrogen) atoms. The summed E-state index contributed by atoms with van der Waals surface area (Å²) in [6.45, 7) is 3.92. The summed E-state index contributed by atoms with van der Waals surface area (Å²) in [5.41, 5.74) is -0.645. The molecule has 3 rings (SSSR count). The van der Waals surface area contributed by atoms with E-state index in [-0.39, 0.29) is 11.2 Å². The fourth-order valence-electron chi connectivity index (χ4n) is 3.85. The van der Waals surface area contributed by atoms with Crippen molar-refractivity contribution in [1.29, 1.82) is 0 Å². The lowest BCUT2D eigenvalue weighted by Gasteiger charge is -2.23. The van der Waals surface area contributed by atoms with Crippen LogP contribution >= 0.6 is 0 Å². The topological polar surface area (TPSA) is 62.2 Å². The Hall–Kier alpha value is -1.30. The third kappa shape index (κ3) is 8.53. The third-order valence-electron chi connectivity index (χ3n) is 6.33. The van der Waals surface area contributed by atoms with Crippen molar-refractivity contribution in [1.82, 2.24) is 4.90 Å². The molecule has 0 radical (unpaired) electrons. The monoisotopic (exact) mass is 405 g/mol. The fraction of sp³-hybridized carbons (Fsp3) is 0.750. The van der Waals surface area contributed by atoms with Gasteiger partial charge in [0.15, 0.2) is 0 Å². The highest BCUT2D eigenvalue weighted by Gasteiger charge is 2.39. The summed E-state index contributed by atoms with van der Waals surface area (Å²) in [6.07, 6.45) is 11.4. The zero-order chi connectivity index (χ0) is 20.6. The van der Waals surface area contributed by atoms with Gasteiger partial charge in [-0.05, 0) is 108 Å². The molecule has 2 aliphatic rings. The maximum absolute atomic E-state index is 10.0. The Balaban J connectivity index is 1.31. The molecule has 0 atom stereocenters. The molecule has 164 valence electrons. The zero-order valence-electron chi connectivity index (χ0n) is 18.1. The average Bonchev–Trinajstić information content (AvgIpc) is 3.65. The normalized spacial score (nSPS) is 18.6. The molecular formula is C24H39NO4. The molecule has 0 aliphatic heterocycles. The van der Waals surface area contributed by atoms with Crippen LogP contribution in [-0.2, 0) is 0 Å². The zero-order valence-corrected chi connectivity index (χ0v) is 18.1. The van der Waals surface area contributed by atoms with Crippen LogP contribution in [0.25, 0.3) is 0 Å². The van der Waals surface area contributed by atoms with Gasteiger partial charge in [0, 0.05) is 6.54 Å². The van der Waals surface area contributed by atoms with Crippen LogP contribution in [0, 0.1) is 0 Å². The van der Waals surface area contributed by atoms with Crippen LogP contribution in [0.2, 0.25) is 0 Å². The Morgan fingerprint density at radius 3 is 1.72 bits per heavy atom.